The summed E-state index contributed by atoms with van der Waals surface area (Å²) < 4.78 is 40.1. The second-order valence-corrected chi connectivity index (χ2v) is 2.38. The van der Waals surface area contributed by atoms with Crippen LogP contribution < -0.4 is 0 Å². The molecule has 0 bridgehead atoms. The third-order valence-electron chi connectivity index (χ3n) is 1.58. The number of rotatable bonds is 2. The lowest BCUT2D eigenvalue weighted by Crippen LogP contribution is -2.36. The highest BCUT2D eigenvalue weighted by molar-refractivity contribution is 6.66. The summed E-state index contributed by atoms with van der Waals surface area (Å²) in [6.07, 6.45) is 0. The minimum atomic E-state index is -4.84. The summed E-state index contributed by atoms with van der Waals surface area (Å²) in [5, 5.41) is 0. The molecule has 0 amide bonds. The van der Waals surface area contributed by atoms with E-state index >= 15 is 0 Å². The highest BCUT2D eigenvalue weighted by Gasteiger charge is 2.35. The second kappa shape index (κ2) is 2.30. The van der Waals surface area contributed by atoms with Gasteiger partial charge < -0.3 is 17.7 Å². The molecule has 1 rings (SSSR count). The van der Waals surface area contributed by atoms with Gasteiger partial charge in [0.15, 0.2) is 0 Å². The lowest BCUT2D eigenvalue weighted by molar-refractivity contribution is -0.0119. The molecule has 1 heterocycles. The SMILES string of the molecule is C=C(C1COC1)[B-](F)(F)F. The van der Waals surface area contributed by atoms with Crippen molar-refractivity contribution in [2.45, 2.75) is 0 Å². The van der Waals surface area contributed by atoms with Gasteiger partial charge in [-0.25, -0.2) is 0 Å². The number of halogens is 3. The van der Waals surface area contributed by atoms with E-state index in [9.17, 15) is 12.9 Å². The molecule has 0 N–H and O–H groups in total. The Morgan fingerprint density at radius 1 is 1.40 bits per heavy atom. The molecule has 1 saturated heterocycles. The summed E-state index contributed by atoms with van der Waals surface area (Å²) in [6.45, 7) is -1.51. The molecule has 5 heteroatoms. The van der Waals surface area contributed by atoms with Crippen molar-refractivity contribution in [3.05, 3.63) is 12.1 Å². The lowest BCUT2D eigenvalue weighted by atomic mass is 9.72. The van der Waals surface area contributed by atoms with E-state index < -0.39 is 18.4 Å². The van der Waals surface area contributed by atoms with Crippen LogP contribution in [0.25, 0.3) is 0 Å². The average molecular weight is 151 g/mol. The minimum Gasteiger partial charge on any atom is -0.445 e. The largest absolute Gasteiger partial charge is 0.505 e. The van der Waals surface area contributed by atoms with Gasteiger partial charge in [0.25, 0.3) is 0 Å². The van der Waals surface area contributed by atoms with Gasteiger partial charge >= 0.3 is 6.98 Å². The number of hydrogen-bond donors (Lipinski definition) is 0. The van der Waals surface area contributed by atoms with E-state index in [4.69, 9.17) is 0 Å². The van der Waals surface area contributed by atoms with Crippen LogP contribution in [-0.2, 0) is 4.74 Å². The fourth-order valence-corrected chi connectivity index (χ4v) is 0.717. The fourth-order valence-electron chi connectivity index (χ4n) is 0.717. The third-order valence-corrected chi connectivity index (χ3v) is 1.58. The summed E-state index contributed by atoms with van der Waals surface area (Å²) in [7, 11) is 0. The maximum absolute atomic E-state index is 11.8. The van der Waals surface area contributed by atoms with Crippen molar-refractivity contribution < 1.29 is 17.7 Å². The summed E-state index contributed by atoms with van der Waals surface area (Å²) in [5.41, 5.74) is -0.605. The zero-order valence-electron chi connectivity index (χ0n) is 5.32. The molecular weight excluding hydrogens is 144 g/mol. The van der Waals surface area contributed by atoms with Gasteiger partial charge in [-0.15, -0.1) is 12.1 Å². The predicted octanol–water partition coefficient (Wildman–Crippen LogP) is 1.58. The Morgan fingerprint density at radius 2 is 1.90 bits per heavy atom. The molecule has 0 saturated carbocycles. The van der Waals surface area contributed by atoms with Gasteiger partial charge in [0.05, 0.1) is 13.2 Å². The topological polar surface area (TPSA) is 9.23 Å². The van der Waals surface area contributed by atoms with Gasteiger partial charge in [-0.2, -0.15) is 0 Å². The monoisotopic (exact) mass is 151 g/mol. The Morgan fingerprint density at radius 3 is 2.00 bits per heavy atom. The van der Waals surface area contributed by atoms with Crippen molar-refractivity contribution in [2.24, 2.45) is 5.92 Å². The van der Waals surface area contributed by atoms with Gasteiger partial charge in [-0.3, -0.25) is 0 Å². The zero-order chi connectivity index (χ0) is 7.78. The van der Waals surface area contributed by atoms with Crippen LogP contribution in [0, 0.1) is 5.92 Å². The minimum absolute atomic E-state index is 0.181. The molecule has 1 nitrogen and oxygen atoms in total. The number of ether oxygens (including phenoxy) is 1. The quantitative estimate of drug-likeness (QED) is 0.544. The van der Waals surface area contributed by atoms with Crippen LogP contribution in [0.5, 0.6) is 0 Å². The molecule has 1 fully saturated rings. The fraction of sp³-hybridized carbons (Fsp3) is 0.600. The predicted molar refractivity (Wildman–Crippen MR) is 32.5 cm³/mol. The Kier molecular flexibility index (Phi) is 1.77. The smallest absolute Gasteiger partial charge is 0.445 e. The van der Waals surface area contributed by atoms with Gasteiger partial charge in [0, 0.05) is 0 Å². The first-order valence-electron chi connectivity index (χ1n) is 2.98. The van der Waals surface area contributed by atoms with Crippen molar-refractivity contribution in [3.63, 3.8) is 0 Å². The third kappa shape index (κ3) is 1.34. The van der Waals surface area contributed by atoms with Crippen LogP contribution in [0.4, 0.5) is 12.9 Å². The standard InChI is InChI=1S/C5H7BF3O/c1-4(6(7,8)9)5-2-10-3-5/h5H,1-3H2/q-1. The highest BCUT2D eigenvalue weighted by Crippen LogP contribution is 2.29. The lowest BCUT2D eigenvalue weighted by Gasteiger charge is -2.33. The Balaban J connectivity index is 2.48. The maximum atomic E-state index is 11.8. The first kappa shape index (κ1) is 7.66. The molecule has 0 radical (unpaired) electrons. The van der Waals surface area contributed by atoms with E-state index in [0.29, 0.717) is 0 Å². The van der Waals surface area contributed by atoms with E-state index in [0.717, 1.165) is 0 Å². The number of hydrogen-bond acceptors (Lipinski definition) is 1. The summed E-state index contributed by atoms with van der Waals surface area (Å²) in [5.74, 6) is -0.472. The van der Waals surface area contributed by atoms with Crippen LogP contribution >= 0.6 is 0 Å². The Bertz CT molecular complexity index is 149. The molecule has 0 unspecified atom stereocenters. The zero-order valence-corrected chi connectivity index (χ0v) is 5.32. The first-order valence-corrected chi connectivity index (χ1v) is 2.98. The Hall–Kier alpha value is -0.445. The normalized spacial score (nSPS) is 20.3. The average Bonchev–Trinajstić information content (AvgIpc) is 1.57. The van der Waals surface area contributed by atoms with E-state index in [1.54, 1.807) is 0 Å². The first-order chi connectivity index (χ1) is 4.52. The maximum Gasteiger partial charge on any atom is 0.505 e. The summed E-state index contributed by atoms with van der Waals surface area (Å²) >= 11 is 0. The van der Waals surface area contributed by atoms with Crippen LogP contribution in [0.1, 0.15) is 0 Å². The molecule has 0 spiro atoms. The van der Waals surface area contributed by atoms with E-state index in [-0.39, 0.29) is 13.2 Å². The molecule has 0 aromatic carbocycles. The van der Waals surface area contributed by atoms with Crippen molar-refractivity contribution in [2.75, 3.05) is 13.2 Å². The van der Waals surface area contributed by atoms with Crippen molar-refractivity contribution in [3.8, 4) is 0 Å². The molecule has 0 aromatic heterocycles. The van der Waals surface area contributed by atoms with Gasteiger partial charge in [0.2, 0.25) is 0 Å². The van der Waals surface area contributed by atoms with Crippen molar-refractivity contribution >= 4 is 6.98 Å². The molecule has 1 aliphatic rings. The molecular formula is C5H7BF3O-. The highest BCUT2D eigenvalue weighted by atomic mass is 19.4. The van der Waals surface area contributed by atoms with Gasteiger partial charge in [0.1, 0.15) is 0 Å². The molecule has 10 heavy (non-hydrogen) atoms. The van der Waals surface area contributed by atoms with Gasteiger partial charge in [-0.05, 0) is 5.92 Å². The van der Waals surface area contributed by atoms with Crippen LogP contribution in [0.2, 0.25) is 0 Å². The summed E-state index contributed by atoms with van der Waals surface area (Å²) in [6, 6.07) is 0. The van der Waals surface area contributed by atoms with Crippen molar-refractivity contribution in [1.29, 1.82) is 0 Å². The summed E-state index contributed by atoms with van der Waals surface area (Å²) in [4.78, 5) is 0. The van der Waals surface area contributed by atoms with Crippen LogP contribution in [0.15, 0.2) is 12.1 Å². The van der Waals surface area contributed by atoms with Crippen LogP contribution in [0.3, 0.4) is 0 Å². The second-order valence-electron chi connectivity index (χ2n) is 2.38. The molecule has 0 aromatic rings. The van der Waals surface area contributed by atoms with E-state index in [1.165, 1.54) is 0 Å². The molecule has 0 aliphatic carbocycles. The Labute approximate surface area is 56.9 Å². The molecule has 58 valence electrons. The van der Waals surface area contributed by atoms with Crippen LogP contribution in [-0.4, -0.2) is 20.2 Å². The van der Waals surface area contributed by atoms with Crippen molar-refractivity contribution in [1.82, 2.24) is 0 Å². The molecule has 1 aliphatic heterocycles. The molecule has 0 atom stereocenters. The van der Waals surface area contributed by atoms with Gasteiger partial charge in [-0.1, -0.05) is 0 Å². The van der Waals surface area contributed by atoms with E-state index in [1.807, 2.05) is 0 Å². The van der Waals surface area contributed by atoms with E-state index in [2.05, 4.69) is 11.3 Å².